The minimum absolute atomic E-state index is 0.293. The number of para-hydroxylation sites is 2. The maximum absolute atomic E-state index is 6.36. The average molecular weight is 288 g/mol. The fourth-order valence-electron chi connectivity index (χ4n) is 3.71. The molecule has 0 spiro atoms. The normalized spacial score (nSPS) is 30.2. The predicted molar refractivity (Wildman–Crippen MR) is 87.9 cm³/mol. The summed E-state index contributed by atoms with van der Waals surface area (Å²) in [7, 11) is 0. The lowest BCUT2D eigenvalue weighted by Gasteiger charge is -2.35. The van der Waals surface area contributed by atoms with Crippen molar-refractivity contribution in [3.63, 3.8) is 0 Å². The Labute approximate surface area is 128 Å². The van der Waals surface area contributed by atoms with Crippen LogP contribution in [0.1, 0.15) is 45.4 Å². The lowest BCUT2D eigenvalue weighted by molar-refractivity contribution is 0.129. The SMILES string of the molecule is CC1CCCC(Oc2ccccc2N2CCCC(N)C2)C1. The number of hydrogen-bond acceptors (Lipinski definition) is 3. The molecule has 1 heterocycles. The highest BCUT2D eigenvalue weighted by Gasteiger charge is 2.23. The van der Waals surface area contributed by atoms with E-state index in [0.717, 1.165) is 31.2 Å². The zero-order valence-electron chi connectivity index (χ0n) is 13.1. The molecule has 2 fully saturated rings. The fourth-order valence-corrected chi connectivity index (χ4v) is 3.71. The highest BCUT2D eigenvalue weighted by molar-refractivity contribution is 5.58. The van der Waals surface area contributed by atoms with E-state index in [-0.39, 0.29) is 0 Å². The van der Waals surface area contributed by atoms with Crippen LogP contribution >= 0.6 is 0 Å². The van der Waals surface area contributed by atoms with Gasteiger partial charge < -0.3 is 15.4 Å². The fraction of sp³-hybridized carbons (Fsp3) is 0.667. The van der Waals surface area contributed by atoms with E-state index in [2.05, 4.69) is 36.1 Å². The molecule has 2 N–H and O–H groups in total. The quantitative estimate of drug-likeness (QED) is 0.924. The summed E-state index contributed by atoms with van der Waals surface area (Å²) in [6.07, 6.45) is 7.72. The van der Waals surface area contributed by atoms with E-state index < -0.39 is 0 Å². The second-order valence-electron chi connectivity index (χ2n) is 6.83. The van der Waals surface area contributed by atoms with Gasteiger partial charge in [-0.15, -0.1) is 0 Å². The Kier molecular flexibility index (Phi) is 4.69. The number of anilines is 1. The van der Waals surface area contributed by atoms with E-state index in [1.165, 1.54) is 37.8 Å². The third kappa shape index (κ3) is 3.70. The minimum Gasteiger partial charge on any atom is -0.488 e. The molecule has 1 aromatic carbocycles. The van der Waals surface area contributed by atoms with Crippen LogP contribution in [0.25, 0.3) is 0 Å². The van der Waals surface area contributed by atoms with Crippen LogP contribution < -0.4 is 15.4 Å². The second kappa shape index (κ2) is 6.69. The molecule has 0 aromatic heterocycles. The Bertz CT molecular complexity index is 462. The Morgan fingerprint density at radius 2 is 2.00 bits per heavy atom. The molecule has 21 heavy (non-hydrogen) atoms. The zero-order valence-corrected chi connectivity index (χ0v) is 13.1. The average Bonchev–Trinajstić information content (AvgIpc) is 2.48. The molecular formula is C18H28N2O. The van der Waals surface area contributed by atoms with Crippen molar-refractivity contribution in [2.45, 2.75) is 57.6 Å². The molecule has 0 radical (unpaired) electrons. The maximum Gasteiger partial charge on any atom is 0.143 e. The van der Waals surface area contributed by atoms with E-state index >= 15 is 0 Å². The van der Waals surface area contributed by atoms with Gasteiger partial charge in [0.05, 0.1) is 11.8 Å². The molecule has 0 bridgehead atoms. The van der Waals surface area contributed by atoms with Gasteiger partial charge in [0.1, 0.15) is 5.75 Å². The van der Waals surface area contributed by atoms with Gasteiger partial charge in [0.15, 0.2) is 0 Å². The Hall–Kier alpha value is -1.22. The Balaban J connectivity index is 1.72. The largest absolute Gasteiger partial charge is 0.488 e. The van der Waals surface area contributed by atoms with Crippen LogP contribution in [0.2, 0.25) is 0 Å². The van der Waals surface area contributed by atoms with E-state index in [1.807, 2.05) is 0 Å². The summed E-state index contributed by atoms with van der Waals surface area (Å²) in [5.41, 5.74) is 7.36. The van der Waals surface area contributed by atoms with Gasteiger partial charge in [-0.05, 0) is 50.2 Å². The minimum atomic E-state index is 0.293. The van der Waals surface area contributed by atoms with Gasteiger partial charge in [-0.3, -0.25) is 0 Å². The first-order valence-corrected chi connectivity index (χ1v) is 8.48. The number of nitrogens with zero attached hydrogens (tertiary/aromatic N) is 1. The standard InChI is InChI=1S/C18H28N2O/c1-14-6-4-8-16(12-14)21-18-10-3-2-9-17(18)20-11-5-7-15(19)13-20/h2-3,9-10,14-16H,4-8,11-13,19H2,1H3. The van der Waals surface area contributed by atoms with Crippen molar-refractivity contribution in [3.05, 3.63) is 24.3 Å². The van der Waals surface area contributed by atoms with E-state index in [0.29, 0.717) is 12.1 Å². The number of ether oxygens (including phenoxy) is 1. The lowest BCUT2D eigenvalue weighted by Crippen LogP contribution is -2.43. The summed E-state index contributed by atoms with van der Waals surface area (Å²) in [6, 6.07) is 8.77. The van der Waals surface area contributed by atoms with Gasteiger partial charge in [-0.25, -0.2) is 0 Å². The van der Waals surface area contributed by atoms with Gasteiger partial charge in [-0.1, -0.05) is 25.5 Å². The van der Waals surface area contributed by atoms with Crippen LogP contribution in [-0.4, -0.2) is 25.2 Å². The first-order valence-electron chi connectivity index (χ1n) is 8.48. The van der Waals surface area contributed by atoms with Crippen molar-refractivity contribution in [2.24, 2.45) is 11.7 Å². The van der Waals surface area contributed by atoms with E-state index in [9.17, 15) is 0 Å². The molecule has 1 aliphatic heterocycles. The maximum atomic E-state index is 6.36. The summed E-state index contributed by atoms with van der Waals surface area (Å²) in [4.78, 5) is 2.40. The van der Waals surface area contributed by atoms with Crippen LogP contribution in [0.4, 0.5) is 5.69 Å². The molecule has 1 aliphatic carbocycles. The topological polar surface area (TPSA) is 38.5 Å². The molecular weight excluding hydrogens is 260 g/mol. The Morgan fingerprint density at radius 3 is 2.81 bits per heavy atom. The first-order chi connectivity index (χ1) is 10.2. The molecule has 3 nitrogen and oxygen atoms in total. The molecule has 2 aliphatic rings. The van der Waals surface area contributed by atoms with Crippen molar-refractivity contribution in [1.82, 2.24) is 0 Å². The Morgan fingerprint density at radius 1 is 1.14 bits per heavy atom. The van der Waals surface area contributed by atoms with Crippen molar-refractivity contribution in [3.8, 4) is 5.75 Å². The van der Waals surface area contributed by atoms with Gasteiger partial charge in [-0.2, -0.15) is 0 Å². The van der Waals surface area contributed by atoms with Crippen molar-refractivity contribution in [1.29, 1.82) is 0 Å². The number of nitrogens with two attached hydrogens (primary N) is 1. The molecule has 0 amide bonds. The molecule has 1 aromatic rings. The lowest BCUT2D eigenvalue weighted by atomic mass is 9.89. The summed E-state index contributed by atoms with van der Waals surface area (Å²) in [5, 5.41) is 0. The van der Waals surface area contributed by atoms with Crippen LogP contribution in [0.15, 0.2) is 24.3 Å². The van der Waals surface area contributed by atoms with Gasteiger partial charge in [0, 0.05) is 19.1 Å². The van der Waals surface area contributed by atoms with Gasteiger partial charge >= 0.3 is 0 Å². The van der Waals surface area contributed by atoms with Crippen molar-refractivity contribution < 1.29 is 4.74 Å². The number of piperidine rings is 1. The van der Waals surface area contributed by atoms with Crippen molar-refractivity contribution >= 4 is 5.69 Å². The molecule has 1 saturated heterocycles. The van der Waals surface area contributed by atoms with Crippen LogP contribution in [0.5, 0.6) is 5.75 Å². The highest BCUT2D eigenvalue weighted by atomic mass is 16.5. The monoisotopic (exact) mass is 288 g/mol. The van der Waals surface area contributed by atoms with E-state index in [1.54, 1.807) is 0 Å². The van der Waals surface area contributed by atoms with Gasteiger partial charge in [0.2, 0.25) is 0 Å². The number of benzene rings is 1. The first kappa shape index (κ1) is 14.7. The molecule has 3 unspecified atom stereocenters. The predicted octanol–water partition coefficient (Wildman–Crippen LogP) is 3.57. The van der Waals surface area contributed by atoms with Crippen LogP contribution in [0.3, 0.4) is 0 Å². The second-order valence-corrected chi connectivity index (χ2v) is 6.83. The molecule has 3 atom stereocenters. The summed E-state index contributed by atoms with van der Waals surface area (Å²) >= 11 is 0. The number of hydrogen-bond donors (Lipinski definition) is 1. The summed E-state index contributed by atoms with van der Waals surface area (Å²) in [5.74, 6) is 1.84. The van der Waals surface area contributed by atoms with Crippen LogP contribution in [-0.2, 0) is 0 Å². The van der Waals surface area contributed by atoms with Crippen LogP contribution in [0, 0.1) is 5.92 Å². The highest BCUT2D eigenvalue weighted by Crippen LogP contribution is 2.34. The molecule has 3 heteroatoms. The smallest absolute Gasteiger partial charge is 0.143 e. The summed E-state index contributed by atoms with van der Waals surface area (Å²) in [6.45, 7) is 4.38. The third-order valence-corrected chi connectivity index (χ3v) is 4.85. The molecule has 116 valence electrons. The zero-order chi connectivity index (χ0) is 14.7. The van der Waals surface area contributed by atoms with E-state index in [4.69, 9.17) is 10.5 Å². The van der Waals surface area contributed by atoms with Gasteiger partial charge in [0.25, 0.3) is 0 Å². The molecule has 3 rings (SSSR count). The third-order valence-electron chi connectivity index (χ3n) is 4.85. The van der Waals surface area contributed by atoms with Crippen molar-refractivity contribution in [2.75, 3.05) is 18.0 Å². The molecule has 1 saturated carbocycles. The summed E-state index contributed by atoms with van der Waals surface area (Å²) < 4.78 is 6.36. The number of rotatable bonds is 3.